The van der Waals surface area contributed by atoms with Crippen LogP contribution in [-0.2, 0) is 11.0 Å². The molecule has 1 fully saturated rings. The fourth-order valence-electron chi connectivity index (χ4n) is 4.29. The van der Waals surface area contributed by atoms with Crippen LogP contribution in [0.1, 0.15) is 48.1 Å². The Balaban J connectivity index is 1.66. The van der Waals surface area contributed by atoms with Gasteiger partial charge in [-0.05, 0) is 68.5 Å². The summed E-state index contributed by atoms with van der Waals surface area (Å²) in [7, 11) is 0. The first-order chi connectivity index (χ1) is 16.5. The normalized spacial score (nSPS) is 14.2. The quantitative estimate of drug-likeness (QED) is 0.455. The minimum atomic E-state index is -4.60. The molecule has 1 aliphatic carbocycles. The van der Waals surface area contributed by atoms with Crippen molar-refractivity contribution in [2.24, 2.45) is 5.92 Å². The molecule has 0 amide bonds. The van der Waals surface area contributed by atoms with Gasteiger partial charge in [0, 0.05) is 17.4 Å². The SMILES string of the molecule is Cc1cc(Nc2nccc(C(F)(F)F)n2)cc(-c2c(C)c(C)c(OC(=O)C3CCCC3)[nH]c2=O)c1. The van der Waals surface area contributed by atoms with Crippen LogP contribution in [-0.4, -0.2) is 20.9 Å². The third kappa shape index (κ3) is 5.36. The highest BCUT2D eigenvalue weighted by Crippen LogP contribution is 2.32. The minimum absolute atomic E-state index is 0.136. The predicted molar refractivity (Wildman–Crippen MR) is 125 cm³/mol. The minimum Gasteiger partial charge on any atom is -0.409 e. The molecule has 35 heavy (non-hydrogen) atoms. The molecule has 4 rings (SSSR count). The number of anilines is 2. The number of halogens is 3. The smallest absolute Gasteiger partial charge is 0.409 e. The summed E-state index contributed by atoms with van der Waals surface area (Å²) in [5.74, 6) is -0.568. The van der Waals surface area contributed by atoms with Crippen LogP contribution in [0.15, 0.2) is 35.3 Å². The summed E-state index contributed by atoms with van der Waals surface area (Å²) < 4.78 is 44.5. The second-order valence-corrected chi connectivity index (χ2v) is 8.79. The van der Waals surface area contributed by atoms with Crippen molar-refractivity contribution in [2.75, 3.05) is 5.32 Å². The number of nitrogens with zero attached hydrogens (tertiary/aromatic N) is 2. The summed E-state index contributed by atoms with van der Waals surface area (Å²) in [4.78, 5) is 35.6. The van der Waals surface area contributed by atoms with Crippen molar-refractivity contribution in [3.8, 4) is 17.0 Å². The number of carbonyl (C=O) groups is 1. The zero-order valence-electron chi connectivity index (χ0n) is 19.5. The molecule has 2 N–H and O–H groups in total. The van der Waals surface area contributed by atoms with E-state index in [1.165, 1.54) is 0 Å². The van der Waals surface area contributed by atoms with Crippen LogP contribution in [0.3, 0.4) is 0 Å². The molecule has 0 bridgehead atoms. The van der Waals surface area contributed by atoms with Crippen LogP contribution < -0.4 is 15.6 Å². The molecular formula is C25H25F3N4O3. The third-order valence-electron chi connectivity index (χ3n) is 6.19. The zero-order chi connectivity index (χ0) is 25.3. The lowest BCUT2D eigenvalue weighted by molar-refractivity contribution is -0.141. The van der Waals surface area contributed by atoms with Crippen molar-refractivity contribution in [2.45, 2.75) is 52.6 Å². The molecule has 2 heterocycles. The van der Waals surface area contributed by atoms with Gasteiger partial charge in [0.15, 0.2) is 0 Å². The fourth-order valence-corrected chi connectivity index (χ4v) is 4.29. The van der Waals surface area contributed by atoms with E-state index >= 15 is 0 Å². The molecule has 184 valence electrons. The van der Waals surface area contributed by atoms with E-state index < -0.39 is 17.4 Å². The van der Waals surface area contributed by atoms with Gasteiger partial charge in [0.05, 0.1) is 11.5 Å². The Morgan fingerprint density at radius 2 is 1.83 bits per heavy atom. The van der Waals surface area contributed by atoms with Gasteiger partial charge in [0.25, 0.3) is 5.56 Å². The van der Waals surface area contributed by atoms with E-state index in [0.29, 0.717) is 27.9 Å². The molecule has 0 radical (unpaired) electrons. The predicted octanol–water partition coefficient (Wildman–Crippen LogP) is 5.62. The van der Waals surface area contributed by atoms with Gasteiger partial charge in [-0.1, -0.05) is 18.9 Å². The molecule has 7 nitrogen and oxygen atoms in total. The number of alkyl halides is 3. The lowest BCUT2D eigenvalue weighted by Crippen LogP contribution is -2.22. The van der Waals surface area contributed by atoms with Gasteiger partial charge in [0.1, 0.15) is 5.69 Å². The van der Waals surface area contributed by atoms with Crippen LogP contribution in [0.5, 0.6) is 5.88 Å². The maximum atomic E-state index is 13.0. The molecule has 1 saturated carbocycles. The van der Waals surface area contributed by atoms with E-state index in [2.05, 4.69) is 20.3 Å². The van der Waals surface area contributed by atoms with Gasteiger partial charge in [0.2, 0.25) is 11.8 Å². The number of carbonyl (C=O) groups excluding carboxylic acids is 1. The summed E-state index contributed by atoms with van der Waals surface area (Å²) in [6, 6.07) is 5.93. The molecule has 0 atom stereocenters. The van der Waals surface area contributed by atoms with E-state index in [0.717, 1.165) is 43.5 Å². The number of aromatic amines is 1. The highest BCUT2D eigenvalue weighted by molar-refractivity contribution is 5.77. The van der Waals surface area contributed by atoms with Crippen LogP contribution in [0, 0.1) is 26.7 Å². The number of esters is 1. The number of hydrogen-bond acceptors (Lipinski definition) is 6. The Bertz CT molecular complexity index is 1330. The Hall–Kier alpha value is -3.69. The lowest BCUT2D eigenvalue weighted by atomic mass is 9.97. The number of nitrogens with one attached hydrogen (secondary N) is 2. The first-order valence-electron chi connectivity index (χ1n) is 11.3. The molecule has 10 heteroatoms. The number of pyridine rings is 1. The number of benzene rings is 1. The summed E-state index contributed by atoms with van der Waals surface area (Å²) in [5.41, 5.74) is 1.88. The Kier molecular flexibility index (Phi) is 6.64. The molecule has 1 aliphatic rings. The van der Waals surface area contributed by atoms with Crippen LogP contribution in [0.4, 0.5) is 24.8 Å². The lowest BCUT2D eigenvalue weighted by Gasteiger charge is -2.16. The molecule has 0 unspecified atom stereocenters. The largest absolute Gasteiger partial charge is 0.433 e. The fraction of sp³-hybridized carbons (Fsp3) is 0.360. The van der Waals surface area contributed by atoms with E-state index in [-0.39, 0.29) is 23.7 Å². The van der Waals surface area contributed by atoms with Gasteiger partial charge in [-0.2, -0.15) is 13.2 Å². The molecular weight excluding hydrogens is 461 g/mol. The van der Waals surface area contributed by atoms with Crippen LogP contribution in [0.2, 0.25) is 0 Å². The van der Waals surface area contributed by atoms with Gasteiger partial charge in [-0.3, -0.25) is 14.6 Å². The van der Waals surface area contributed by atoms with Crippen molar-refractivity contribution in [1.29, 1.82) is 0 Å². The highest BCUT2D eigenvalue weighted by Gasteiger charge is 2.33. The maximum absolute atomic E-state index is 13.0. The van der Waals surface area contributed by atoms with Crippen molar-refractivity contribution in [3.05, 3.63) is 63.2 Å². The molecule has 0 spiro atoms. The number of H-pyrrole nitrogens is 1. The first-order valence-corrected chi connectivity index (χ1v) is 11.3. The standard InChI is InChI=1S/C25H25F3N4O3/c1-13-10-17(12-18(11-13)30-24-29-9-8-19(31-24)25(26,27)28)20-14(2)15(3)22(32-21(20)33)35-23(34)16-6-4-5-7-16/h8-12,16H,4-7H2,1-3H3,(H,32,33)(H,29,30,31). The second kappa shape index (κ2) is 9.52. The van der Waals surface area contributed by atoms with Crippen LogP contribution in [0.25, 0.3) is 11.1 Å². The molecule has 1 aromatic carbocycles. The van der Waals surface area contributed by atoms with Crippen LogP contribution >= 0.6 is 0 Å². The summed E-state index contributed by atoms with van der Waals surface area (Å²) in [6.07, 6.45) is -0.0204. The molecule has 0 saturated heterocycles. The zero-order valence-corrected chi connectivity index (χ0v) is 19.5. The summed E-state index contributed by atoms with van der Waals surface area (Å²) >= 11 is 0. The molecule has 0 aliphatic heterocycles. The van der Waals surface area contributed by atoms with Crippen molar-refractivity contribution in [3.63, 3.8) is 0 Å². The maximum Gasteiger partial charge on any atom is 0.433 e. The highest BCUT2D eigenvalue weighted by atomic mass is 19.4. The Morgan fingerprint density at radius 3 is 2.51 bits per heavy atom. The molecule has 3 aromatic rings. The third-order valence-corrected chi connectivity index (χ3v) is 6.19. The number of hydrogen-bond donors (Lipinski definition) is 2. The van der Waals surface area contributed by atoms with Crippen molar-refractivity contribution >= 4 is 17.6 Å². The van der Waals surface area contributed by atoms with Gasteiger partial charge >= 0.3 is 12.1 Å². The average Bonchev–Trinajstić information content (AvgIpc) is 3.32. The number of ether oxygens (including phenoxy) is 1. The number of aromatic nitrogens is 3. The monoisotopic (exact) mass is 486 g/mol. The summed E-state index contributed by atoms with van der Waals surface area (Å²) in [6.45, 7) is 5.32. The van der Waals surface area contributed by atoms with E-state index in [1.54, 1.807) is 39.0 Å². The van der Waals surface area contributed by atoms with E-state index in [9.17, 15) is 22.8 Å². The Labute approximate surface area is 199 Å². The van der Waals surface area contributed by atoms with Crippen molar-refractivity contribution in [1.82, 2.24) is 15.0 Å². The number of rotatable bonds is 5. The van der Waals surface area contributed by atoms with E-state index in [1.807, 2.05) is 0 Å². The Morgan fingerprint density at radius 1 is 1.11 bits per heavy atom. The first kappa shape index (κ1) is 24.4. The topological polar surface area (TPSA) is 97.0 Å². The number of aryl methyl sites for hydroxylation is 1. The van der Waals surface area contributed by atoms with Gasteiger partial charge < -0.3 is 10.1 Å². The average molecular weight is 486 g/mol. The van der Waals surface area contributed by atoms with Crippen molar-refractivity contribution < 1.29 is 22.7 Å². The van der Waals surface area contributed by atoms with Gasteiger partial charge in [-0.15, -0.1) is 0 Å². The second-order valence-electron chi connectivity index (χ2n) is 8.79. The summed E-state index contributed by atoms with van der Waals surface area (Å²) in [5, 5.41) is 2.79. The molecule has 2 aromatic heterocycles. The van der Waals surface area contributed by atoms with Gasteiger partial charge in [-0.25, -0.2) is 9.97 Å². The van der Waals surface area contributed by atoms with E-state index in [4.69, 9.17) is 4.74 Å².